The molecular weight excluding hydrogens is 296 g/mol. The Bertz CT molecular complexity index is 641. The standard InChI is InChI=1S/C17H20N2O4/c18-17(21)13-6-7-19(11-13)16(20)5-3-12-2-4-14-15(10-12)23-9-1-8-22-14/h2-5,10,13H,1,6-9,11H2,(H2,18,21). The fourth-order valence-corrected chi connectivity index (χ4v) is 2.75. The van der Waals surface area contributed by atoms with Gasteiger partial charge in [0.1, 0.15) is 0 Å². The molecule has 1 saturated heterocycles. The van der Waals surface area contributed by atoms with Crippen molar-refractivity contribution in [2.75, 3.05) is 26.3 Å². The lowest BCUT2D eigenvalue weighted by molar-refractivity contribution is -0.125. The molecule has 1 atom stereocenters. The number of benzene rings is 1. The Morgan fingerprint density at radius 3 is 2.74 bits per heavy atom. The number of hydrogen-bond donors (Lipinski definition) is 1. The Morgan fingerprint density at radius 2 is 2.00 bits per heavy atom. The molecule has 1 unspecified atom stereocenters. The van der Waals surface area contributed by atoms with Crippen molar-refractivity contribution in [2.24, 2.45) is 11.7 Å². The van der Waals surface area contributed by atoms with Crippen molar-refractivity contribution in [1.29, 1.82) is 0 Å². The van der Waals surface area contributed by atoms with Crippen LogP contribution in [0.25, 0.3) is 6.08 Å². The molecule has 0 saturated carbocycles. The first-order chi connectivity index (χ1) is 11.1. The molecule has 1 aromatic rings. The summed E-state index contributed by atoms with van der Waals surface area (Å²) in [5.41, 5.74) is 6.15. The summed E-state index contributed by atoms with van der Waals surface area (Å²) in [6.45, 7) is 2.25. The van der Waals surface area contributed by atoms with E-state index in [2.05, 4.69) is 0 Å². The maximum Gasteiger partial charge on any atom is 0.246 e. The topological polar surface area (TPSA) is 81.9 Å². The van der Waals surface area contributed by atoms with Crippen LogP contribution in [0.15, 0.2) is 24.3 Å². The van der Waals surface area contributed by atoms with E-state index in [1.165, 1.54) is 6.08 Å². The molecule has 6 heteroatoms. The first kappa shape index (κ1) is 15.4. The van der Waals surface area contributed by atoms with Crippen LogP contribution in [0.2, 0.25) is 0 Å². The van der Waals surface area contributed by atoms with E-state index in [0.29, 0.717) is 38.5 Å². The molecule has 1 fully saturated rings. The largest absolute Gasteiger partial charge is 0.490 e. The lowest BCUT2D eigenvalue weighted by atomic mass is 10.1. The molecular formula is C17H20N2O4. The highest BCUT2D eigenvalue weighted by molar-refractivity contribution is 5.92. The second-order valence-corrected chi connectivity index (χ2v) is 5.76. The number of carbonyl (C=O) groups excluding carboxylic acids is 2. The van der Waals surface area contributed by atoms with Crippen LogP contribution in [0, 0.1) is 5.92 Å². The summed E-state index contributed by atoms with van der Waals surface area (Å²) in [6, 6.07) is 5.60. The number of carbonyl (C=O) groups is 2. The van der Waals surface area contributed by atoms with E-state index in [-0.39, 0.29) is 17.7 Å². The summed E-state index contributed by atoms with van der Waals surface area (Å²) in [5.74, 6) is 0.750. The molecule has 0 aliphatic carbocycles. The molecule has 2 heterocycles. The smallest absolute Gasteiger partial charge is 0.246 e. The van der Waals surface area contributed by atoms with E-state index in [0.717, 1.165) is 17.7 Å². The number of likely N-dealkylation sites (tertiary alicyclic amines) is 1. The van der Waals surface area contributed by atoms with Gasteiger partial charge in [-0.2, -0.15) is 0 Å². The predicted octanol–water partition coefficient (Wildman–Crippen LogP) is 1.19. The minimum absolute atomic E-state index is 0.110. The molecule has 122 valence electrons. The van der Waals surface area contributed by atoms with Gasteiger partial charge in [0.25, 0.3) is 0 Å². The third kappa shape index (κ3) is 3.64. The van der Waals surface area contributed by atoms with Crippen LogP contribution >= 0.6 is 0 Å². The van der Waals surface area contributed by atoms with Crippen molar-refractivity contribution in [3.05, 3.63) is 29.8 Å². The lowest BCUT2D eigenvalue weighted by Gasteiger charge is -2.13. The highest BCUT2D eigenvalue weighted by Gasteiger charge is 2.28. The second-order valence-electron chi connectivity index (χ2n) is 5.76. The number of rotatable bonds is 3. The van der Waals surface area contributed by atoms with Crippen molar-refractivity contribution in [2.45, 2.75) is 12.8 Å². The molecule has 0 bridgehead atoms. The van der Waals surface area contributed by atoms with Crippen molar-refractivity contribution in [1.82, 2.24) is 4.90 Å². The lowest BCUT2D eigenvalue weighted by Crippen LogP contribution is -2.30. The van der Waals surface area contributed by atoms with E-state index in [9.17, 15) is 9.59 Å². The third-order valence-corrected chi connectivity index (χ3v) is 4.09. The third-order valence-electron chi connectivity index (χ3n) is 4.09. The Kier molecular flexibility index (Phi) is 4.50. The van der Waals surface area contributed by atoms with Crippen LogP contribution in [0.1, 0.15) is 18.4 Å². The highest BCUT2D eigenvalue weighted by Crippen LogP contribution is 2.30. The fraction of sp³-hybridized carbons (Fsp3) is 0.412. The van der Waals surface area contributed by atoms with Gasteiger partial charge in [-0.25, -0.2) is 0 Å². The Balaban J connectivity index is 1.65. The minimum Gasteiger partial charge on any atom is -0.490 e. The maximum absolute atomic E-state index is 12.2. The summed E-state index contributed by atoms with van der Waals surface area (Å²) < 4.78 is 11.2. The summed E-state index contributed by atoms with van der Waals surface area (Å²) in [7, 11) is 0. The first-order valence-corrected chi connectivity index (χ1v) is 7.79. The van der Waals surface area contributed by atoms with Gasteiger partial charge in [0.05, 0.1) is 19.1 Å². The van der Waals surface area contributed by atoms with Gasteiger partial charge in [-0.05, 0) is 30.2 Å². The van der Waals surface area contributed by atoms with E-state index < -0.39 is 0 Å². The number of ether oxygens (including phenoxy) is 2. The average molecular weight is 316 g/mol. The van der Waals surface area contributed by atoms with Crippen molar-refractivity contribution >= 4 is 17.9 Å². The minimum atomic E-state index is -0.341. The average Bonchev–Trinajstić information content (AvgIpc) is 2.93. The monoisotopic (exact) mass is 316 g/mol. The fourth-order valence-electron chi connectivity index (χ4n) is 2.75. The van der Waals surface area contributed by atoms with Crippen molar-refractivity contribution in [3.63, 3.8) is 0 Å². The van der Waals surface area contributed by atoms with Crippen LogP contribution in [0.3, 0.4) is 0 Å². The van der Waals surface area contributed by atoms with E-state index in [4.69, 9.17) is 15.2 Å². The number of hydrogen-bond acceptors (Lipinski definition) is 4. The van der Waals surface area contributed by atoms with Gasteiger partial charge < -0.3 is 20.1 Å². The molecule has 2 N–H and O–H groups in total. The van der Waals surface area contributed by atoms with Crippen LogP contribution in [0.4, 0.5) is 0 Å². The summed E-state index contributed by atoms with van der Waals surface area (Å²) in [5, 5.41) is 0. The molecule has 2 amide bonds. The van der Waals surface area contributed by atoms with Gasteiger partial charge >= 0.3 is 0 Å². The van der Waals surface area contributed by atoms with Crippen molar-refractivity contribution in [3.8, 4) is 11.5 Å². The molecule has 3 rings (SSSR count). The number of fused-ring (bicyclic) bond motifs is 1. The quantitative estimate of drug-likeness (QED) is 0.849. The Hall–Kier alpha value is -2.50. The molecule has 1 aromatic carbocycles. The Labute approximate surface area is 134 Å². The Morgan fingerprint density at radius 1 is 1.22 bits per heavy atom. The van der Waals surface area contributed by atoms with Crippen LogP contribution in [0.5, 0.6) is 11.5 Å². The molecule has 2 aliphatic rings. The predicted molar refractivity (Wildman–Crippen MR) is 85.0 cm³/mol. The summed E-state index contributed by atoms with van der Waals surface area (Å²) in [4.78, 5) is 25.0. The van der Waals surface area contributed by atoms with Gasteiger partial charge in [-0.1, -0.05) is 6.07 Å². The van der Waals surface area contributed by atoms with E-state index >= 15 is 0 Å². The maximum atomic E-state index is 12.2. The number of nitrogens with zero attached hydrogens (tertiary/aromatic N) is 1. The molecule has 23 heavy (non-hydrogen) atoms. The van der Waals surface area contributed by atoms with Gasteiger partial charge in [-0.3, -0.25) is 9.59 Å². The molecule has 0 spiro atoms. The van der Waals surface area contributed by atoms with Gasteiger partial charge in [-0.15, -0.1) is 0 Å². The van der Waals surface area contributed by atoms with Gasteiger partial charge in [0, 0.05) is 25.6 Å². The summed E-state index contributed by atoms with van der Waals surface area (Å²) >= 11 is 0. The molecule has 6 nitrogen and oxygen atoms in total. The zero-order valence-corrected chi connectivity index (χ0v) is 12.9. The van der Waals surface area contributed by atoms with E-state index in [1.807, 2.05) is 18.2 Å². The zero-order chi connectivity index (χ0) is 16.2. The second kappa shape index (κ2) is 6.73. The van der Waals surface area contributed by atoms with E-state index in [1.54, 1.807) is 11.0 Å². The molecule has 0 radical (unpaired) electrons. The van der Waals surface area contributed by atoms with Crippen LogP contribution < -0.4 is 15.2 Å². The SMILES string of the molecule is NC(=O)C1CCN(C(=O)C=Cc2ccc3c(c2)OCCCO3)C1. The molecule has 2 aliphatic heterocycles. The normalized spacial score (nSPS) is 20.5. The van der Waals surface area contributed by atoms with Gasteiger partial charge in [0.2, 0.25) is 11.8 Å². The zero-order valence-electron chi connectivity index (χ0n) is 12.9. The molecule has 0 aromatic heterocycles. The summed E-state index contributed by atoms with van der Waals surface area (Å²) in [6.07, 6.45) is 4.75. The number of amides is 2. The number of nitrogens with two attached hydrogens (primary N) is 1. The van der Waals surface area contributed by atoms with Crippen LogP contribution in [-0.4, -0.2) is 43.0 Å². The van der Waals surface area contributed by atoms with Gasteiger partial charge in [0.15, 0.2) is 11.5 Å². The van der Waals surface area contributed by atoms with Crippen molar-refractivity contribution < 1.29 is 19.1 Å². The number of primary amides is 1. The first-order valence-electron chi connectivity index (χ1n) is 7.79. The highest BCUT2D eigenvalue weighted by atomic mass is 16.5. The van der Waals surface area contributed by atoms with Crippen LogP contribution in [-0.2, 0) is 9.59 Å².